The maximum absolute atomic E-state index is 14.8. The van der Waals surface area contributed by atoms with Gasteiger partial charge in [0.15, 0.2) is 5.69 Å². The number of benzene rings is 3. The van der Waals surface area contributed by atoms with Gasteiger partial charge in [0.25, 0.3) is 5.91 Å². The average molecular weight is 485 g/mol. The number of carbonyl (C=O) groups excluding carboxylic acids is 1. The minimum Gasteiger partial charge on any atom is -0.322 e. The van der Waals surface area contributed by atoms with Crippen LogP contribution in [-0.2, 0) is 13.2 Å². The third-order valence-corrected chi connectivity index (χ3v) is 5.67. The van der Waals surface area contributed by atoms with Crippen LogP contribution in [0.4, 0.5) is 27.6 Å². The molecule has 0 aliphatic heterocycles. The Morgan fingerprint density at radius 1 is 0.886 bits per heavy atom. The molecule has 180 valence electrons. The summed E-state index contributed by atoms with van der Waals surface area (Å²) in [7, 11) is 1.37. The minimum absolute atomic E-state index is 0.0306. The van der Waals surface area contributed by atoms with Crippen LogP contribution in [0.25, 0.3) is 22.4 Å². The Kier molecular flexibility index (Phi) is 6.19. The van der Waals surface area contributed by atoms with E-state index in [4.69, 9.17) is 0 Å². The maximum Gasteiger partial charge on any atom is 0.435 e. The fraction of sp³-hybridized carbons (Fsp3) is 0.154. The molecule has 1 N–H and O–H groups in total. The first-order valence-electron chi connectivity index (χ1n) is 10.5. The Morgan fingerprint density at radius 3 is 2.17 bits per heavy atom. The Balaban J connectivity index is 1.73. The van der Waals surface area contributed by atoms with E-state index in [1.165, 1.54) is 37.4 Å². The molecule has 0 unspecified atom stereocenters. The molecule has 0 spiro atoms. The van der Waals surface area contributed by atoms with Crippen LogP contribution >= 0.6 is 0 Å². The number of anilines is 1. The number of amides is 1. The van der Waals surface area contributed by atoms with Crippen LogP contribution in [0.1, 0.15) is 27.2 Å². The smallest absolute Gasteiger partial charge is 0.322 e. The van der Waals surface area contributed by atoms with Crippen molar-refractivity contribution >= 4 is 11.6 Å². The van der Waals surface area contributed by atoms with Crippen molar-refractivity contribution in [1.82, 2.24) is 9.78 Å². The maximum atomic E-state index is 14.8. The predicted molar refractivity (Wildman–Crippen MR) is 123 cm³/mol. The van der Waals surface area contributed by atoms with Crippen LogP contribution in [-0.4, -0.2) is 15.7 Å². The SMILES string of the molecule is Cc1ccc(C)c(-c2cc(C(F)(F)F)nn2C)c1C(=O)Nc1ccc(-c2ccccc2F)c(F)c1. The fourth-order valence-electron chi connectivity index (χ4n) is 3.96. The molecule has 0 aliphatic rings. The van der Waals surface area contributed by atoms with Gasteiger partial charge in [-0.3, -0.25) is 9.48 Å². The Hall–Kier alpha value is -4.01. The number of hydrogen-bond acceptors (Lipinski definition) is 2. The van der Waals surface area contributed by atoms with Gasteiger partial charge in [0.1, 0.15) is 11.6 Å². The molecule has 1 heterocycles. The summed E-state index contributed by atoms with van der Waals surface area (Å²) in [6, 6.07) is 13.8. The van der Waals surface area contributed by atoms with Crippen molar-refractivity contribution in [3.05, 3.63) is 94.7 Å². The molecule has 4 nitrogen and oxygen atoms in total. The summed E-state index contributed by atoms with van der Waals surface area (Å²) in [5, 5.41) is 6.15. The molecule has 3 aromatic carbocycles. The van der Waals surface area contributed by atoms with Gasteiger partial charge in [-0.25, -0.2) is 8.78 Å². The lowest BCUT2D eigenvalue weighted by atomic mass is 9.94. The highest BCUT2D eigenvalue weighted by atomic mass is 19.4. The van der Waals surface area contributed by atoms with Crippen LogP contribution in [0.3, 0.4) is 0 Å². The highest BCUT2D eigenvalue weighted by Crippen LogP contribution is 2.35. The number of alkyl halides is 3. The molecule has 0 bridgehead atoms. The van der Waals surface area contributed by atoms with Crippen LogP contribution in [0, 0.1) is 25.5 Å². The Morgan fingerprint density at radius 2 is 1.54 bits per heavy atom. The summed E-state index contributed by atoms with van der Waals surface area (Å²) in [6.45, 7) is 3.33. The molecule has 1 amide bonds. The summed E-state index contributed by atoms with van der Waals surface area (Å²) in [5.74, 6) is -1.96. The lowest BCUT2D eigenvalue weighted by Gasteiger charge is -2.16. The number of nitrogens with one attached hydrogen (secondary N) is 1. The van der Waals surface area contributed by atoms with E-state index in [9.17, 15) is 26.7 Å². The molecule has 0 fully saturated rings. The van der Waals surface area contributed by atoms with E-state index in [0.717, 1.165) is 16.8 Å². The van der Waals surface area contributed by atoms with Crippen molar-refractivity contribution in [3.8, 4) is 22.4 Å². The van der Waals surface area contributed by atoms with Crippen molar-refractivity contribution in [2.75, 3.05) is 5.32 Å². The number of nitrogens with zero attached hydrogens (tertiary/aromatic N) is 2. The van der Waals surface area contributed by atoms with Crippen LogP contribution in [0.2, 0.25) is 0 Å². The van der Waals surface area contributed by atoms with Gasteiger partial charge in [-0.05, 0) is 55.3 Å². The first-order chi connectivity index (χ1) is 16.5. The van der Waals surface area contributed by atoms with Gasteiger partial charge in [-0.1, -0.05) is 30.3 Å². The summed E-state index contributed by atoms with van der Waals surface area (Å²) in [6.07, 6.45) is -4.65. The van der Waals surface area contributed by atoms with Gasteiger partial charge in [0.05, 0.1) is 11.3 Å². The lowest BCUT2D eigenvalue weighted by molar-refractivity contribution is -0.141. The second-order valence-electron chi connectivity index (χ2n) is 8.11. The van der Waals surface area contributed by atoms with E-state index in [2.05, 4.69) is 10.4 Å². The topological polar surface area (TPSA) is 46.9 Å². The summed E-state index contributed by atoms with van der Waals surface area (Å²) in [5.41, 5.74) is 0.773. The zero-order valence-electron chi connectivity index (χ0n) is 19.0. The lowest BCUT2D eigenvalue weighted by Crippen LogP contribution is -2.16. The molecule has 0 aliphatic carbocycles. The quantitative estimate of drug-likeness (QED) is 0.319. The molecule has 0 saturated heterocycles. The molecule has 0 saturated carbocycles. The van der Waals surface area contributed by atoms with Crippen molar-refractivity contribution in [2.45, 2.75) is 20.0 Å². The van der Waals surface area contributed by atoms with Crippen molar-refractivity contribution in [3.63, 3.8) is 0 Å². The van der Waals surface area contributed by atoms with Crippen molar-refractivity contribution in [2.24, 2.45) is 7.05 Å². The normalized spacial score (nSPS) is 11.5. The number of rotatable bonds is 4. The first-order valence-corrected chi connectivity index (χ1v) is 10.5. The molecule has 1 aromatic heterocycles. The number of aryl methyl sites for hydroxylation is 3. The number of carbonyl (C=O) groups is 1. The largest absolute Gasteiger partial charge is 0.435 e. The second-order valence-corrected chi connectivity index (χ2v) is 8.11. The van der Waals surface area contributed by atoms with Gasteiger partial charge in [0, 0.05) is 29.4 Å². The number of hydrogen-bond donors (Lipinski definition) is 1. The van der Waals surface area contributed by atoms with E-state index in [0.29, 0.717) is 11.1 Å². The van der Waals surface area contributed by atoms with Crippen molar-refractivity contribution in [1.29, 1.82) is 0 Å². The van der Waals surface area contributed by atoms with E-state index in [-0.39, 0.29) is 33.6 Å². The minimum atomic E-state index is -4.65. The van der Waals surface area contributed by atoms with E-state index < -0.39 is 29.4 Å². The fourth-order valence-corrected chi connectivity index (χ4v) is 3.96. The third-order valence-electron chi connectivity index (χ3n) is 5.67. The zero-order chi connectivity index (χ0) is 25.5. The van der Waals surface area contributed by atoms with E-state index >= 15 is 0 Å². The zero-order valence-corrected chi connectivity index (χ0v) is 19.0. The van der Waals surface area contributed by atoms with Crippen LogP contribution in [0.5, 0.6) is 0 Å². The van der Waals surface area contributed by atoms with Gasteiger partial charge >= 0.3 is 6.18 Å². The van der Waals surface area contributed by atoms with E-state index in [1.54, 1.807) is 32.0 Å². The molecule has 0 atom stereocenters. The molecular weight excluding hydrogens is 465 g/mol. The summed E-state index contributed by atoms with van der Waals surface area (Å²) < 4.78 is 69.6. The van der Waals surface area contributed by atoms with Gasteiger partial charge in [-0.15, -0.1) is 0 Å². The summed E-state index contributed by atoms with van der Waals surface area (Å²) >= 11 is 0. The van der Waals surface area contributed by atoms with Gasteiger partial charge in [-0.2, -0.15) is 18.3 Å². The van der Waals surface area contributed by atoms with Crippen LogP contribution in [0.15, 0.2) is 60.7 Å². The molecule has 35 heavy (non-hydrogen) atoms. The summed E-state index contributed by atoms with van der Waals surface area (Å²) in [4.78, 5) is 13.3. The van der Waals surface area contributed by atoms with Crippen LogP contribution < -0.4 is 5.32 Å². The van der Waals surface area contributed by atoms with Gasteiger partial charge < -0.3 is 5.32 Å². The molecule has 4 rings (SSSR count). The monoisotopic (exact) mass is 485 g/mol. The highest BCUT2D eigenvalue weighted by molar-refractivity contribution is 6.10. The van der Waals surface area contributed by atoms with Gasteiger partial charge in [0.2, 0.25) is 0 Å². The predicted octanol–water partition coefficient (Wildman–Crippen LogP) is 6.92. The van der Waals surface area contributed by atoms with Crippen molar-refractivity contribution < 1.29 is 26.7 Å². The average Bonchev–Trinajstić information content (AvgIpc) is 3.17. The highest BCUT2D eigenvalue weighted by Gasteiger charge is 2.35. The Bertz CT molecular complexity index is 1440. The molecule has 0 radical (unpaired) electrons. The first kappa shape index (κ1) is 24.1. The molecular formula is C26H20F5N3O. The molecule has 9 heteroatoms. The Labute approximate surface area is 198 Å². The number of halogens is 5. The van der Waals surface area contributed by atoms with E-state index in [1.807, 2.05) is 0 Å². The number of aromatic nitrogens is 2. The second kappa shape index (κ2) is 8.98. The third kappa shape index (κ3) is 4.66. The standard InChI is InChI=1S/C26H20F5N3O/c1-14-8-9-15(2)24(23(14)21-13-22(26(29,30)31)33-34(21)3)25(35)32-16-10-11-18(20(28)12-16)17-6-4-5-7-19(17)27/h4-13H,1-3H3,(H,32,35). The molecule has 4 aromatic rings.